The molecule has 0 atom stereocenters. The molecule has 0 heterocycles. The molecule has 0 aliphatic carbocycles. The van der Waals surface area contributed by atoms with E-state index in [9.17, 15) is 4.79 Å². The van der Waals surface area contributed by atoms with Crippen molar-refractivity contribution in [3.8, 4) is 0 Å². The Morgan fingerprint density at radius 1 is 0.786 bits per heavy atom. The van der Waals surface area contributed by atoms with Crippen LogP contribution in [0.1, 0.15) is 36.1 Å². The average molecular weight is 370 g/mol. The van der Waals surface area contributed by atoms with Gasteiger partial charge in [0, 0.05) is 18.0 Å². The van der Waals surface area contributed by atoms with Crippen molar-refractivity contribution in [3.63, 3.8) is 0 Å². The van der Waals surface area contributed by atoms with E-state index >= 15 is 0 Å². The van der Waals surface area contributed by atoms with Crippen LogP contribution in [0.5, 0.6) is 0 Å². The third kappa shape index (κ3) is 4.77. The molecule has 28 heavy (non-hydrogen) atoms. The van der Waals surface area contributed by atoms with E-state index in [0.717, 1.165) is 22.4 Å². The molecule has 1 N–H and O–H groups in total. The summed E-state index contributed by atoms with van der Waals surface area (Å²) < 4.78 is 0. The van der Waals surface area contributed by atoms with Gasteiger partial charge >= 0.3 is 0 Å². The fraction of sp³-hybridized carbons (Fsp3) is 0.192. The molecule has 142 valence electrons. The second-order valence-electron chi connectivity index (χ2n) is 7.34. The van der Waals surface area contributed by atoms with E-state index in [1.165, 1.54) is 11.1 Å². The standard InChI is InChI=1S/C26H27NO/c1-19(2)26(28)24(22-12-8-5-9-13-22)25(23-16-14-20(3)15-17-23)27-18-21-10-6-4-7-11-21/h4-17,19,27H,18H2,1-3H3/b25-24+. The van der Waals surface area contributed by atoms with Crippen molar-refractivity contribution in [2.75, 3.05) is 0 Å². The van der Waals surface area contributed by atoms with E-state index < -0.39 is 0 Å². The summed E-state index contributed by atoms with van der Waals surface area (Å²) in [6.45, 7) is 6.64. The van der Waals surface area contributed by atoms with E-state index in [0.29, 0.717) is 6.54 Å². The Morgan fingerprint density at radius 3 is 1.93 bits per heavy atom. The summed E-state index contributed by atoms with van der Waals surface area (Å²) in [4.78, 5) is 13.2. The number of hydrogen-bond donors (Lipinski definition) is 1. The van der Waals surface area contributed by atoms with Crippen LogP contribution in [-0.4, -0.2) is 5.78 Å². The molecular formula is C26H27NO. The van der Waals surface area contributed by atoms with Crippen molar-refractivity contribution >= 4 is 17.1 Å². The number of nitrogens with one attached hydrogen (secondary N) is 1. The molecule has 0 saturated carbocycles. The molecule has 0 amide bonds. The molecule has 0 spiro atoms. The fourth-order valence-electron chi connectivity index (χ4n) is 3.14. The topological polar surface area (TPSA) is 29.1 Å². The summed E-state index contributed by atoms with van der Waals surface area (Å²) in [5, 5.41) is 3.56. The Bertz CT molecular complexity index is 939. The van der Waals surface area contributed by atoms with Gasteiger partial charge in [0.2, 0.25) is 0 Å². The van der Waals surface area contributed by atoms with Crippen LogP contribution in [0.25, 0.3) is 11.3 Å². The zero-order chi connectivity index (χ0) is 19.9. The summed E-state index contributed by atoms with van der Waals surface area (Å²) in [7, 11) is 0. The number of benzene rings is 3. The Morgan fingerprint density at radius 2 is 1.36 bits per heavy atom. The monoisotopic (exact) mass is 369 g/mol. The number of carbonyl (C=O) groups excluding carboxylic acids is 1. The number of aryl methyl sites for hydroxylation is 1. The minimum absolute atomic E-state index is 0.0887. The first kappa shape index (κ1) is 19.6. The van der Waals surface area contributed by atoms with Gasteiger partial charge in [0.25, 0.3) is 0 Å². The number of ketones is 1. The molecule has 0 aliphatic rings. The van der Waals surface area contributed by atoms with Gasteiger partial charge in [0.1, 0.15) is 0 Å². The predicted octanol–water partition coefficient (Wildman–Crippen LogP) is 5.88. The van der Waals surface area contributed by atoms with Crippen LogP contribution >= 0.6 is 0 Å². The number of rotatable bonds is 7. The third-order valence-electron chi connectivity index (χ3n) is 4.74. The van der Waals surface area contributed by atoms with Crippen molar-refractivity contribution in [1.29, 1.82) is 0 Å². The summed E-state index contributed by atoms with van der Waals surface area (Å²) in [6, 6.07) is 28.5. The fourth-order valence-corrected chi connectivity index (χ4v) is 3.14. The van der Waals surface area contributed by atoms with Gasteiger partial charge < -0.3 is 5.32 Å². The molecule has 2 heteroatoms. The van der Waals surface area contributed by atoms with Crippen LogP contribution in [0.4, 0.5) is 0 Å². The molecule has 0 radical (unpaired) electrons. The quantitative estimate of drug-likeness (QED) is 0.416. The predicted molar refractivity (Wildman–Crippen MR) is 118 cm³/mol. The van der Waals surface area contributed by atoms with E-state index in [-0.39, 0.29) is 11.7 Å². The van der Waals surface area contributed by atoms with E-state index in [1.807, 2.05) is 62.4 Å². The summed E-state index contributed by atoms with van der Waals surface area (Å²) in [5.74, 6) is 0.0523. The Balaban J connectivity index is 2.14. The first-order valence-corrected chi connectivity index (χ1v) is 9.75. The maximum atomic E-state index is 13.2. The molecule has 0 fully saturated rings. The molecule has 3 aromatic rings. The van der Waals surface area contributed by atoms with Crippen molar-refractivity contribution < 1.29 is 4.79 Å². The first-order chi connectivity index (χ1) is 13.6. The molecule has 0 saturated heterocycles. The largest absolute Gasteiger partial charge is 0.380 e. The second-order valence-corrected chi connectivity index (χ2v) is 7.34. The van der Waals surface area contributed by atoms with Gasteiger partial charge in [-0.05, 0) is 23.6 Å². The summed E-state index contributed by atoms with van der Waals surface area (Å²) in [5.41, 5.74) is 5.97. The highest BCUT2D eigenvalue weighted by atomic mass is 16.1. The second kappa shape index (κ2) is 9.18. The number of carbonyl (C=O) groups is 1. The van der Waals surface area contributed by atoms with Crippen LogP contribution in [0.15, 0.2) is 84.9 Å². The Hall–Kier alpha value is -3.13. The highest BCUT2D eigenvalue weighted by molar-refractivity contribution is 6.28. The first-order valence-electron chi connectivity index (χ1n) is 9.75. The lowest BCUT2D eigenvalue weighted by atomic mass is 9.90. The van der Waals surface area contributed by atoms with Crippen LogP contribution in [0, 0.1) is 12.8 Å². The highest BCUT2D eigenvalue weighted by Gasteiger charge is 2.21. The molecule has 0 aliphatic heterocycles. The van der Waals surface area contributed by atoms with Crippen LogP contribution in [0.2, 0.25) is 0 Å². The average Bonchev–Trinajstić information content (AvgIpc) is 2.73. The molecule has 2 nitrogen and oxygen atoms in total. The molecule has 0 unspecified atom stereocenters. The van der Waals surface area contributed by atoms with Gasteiger partial charge in [0.05, 0.1) is 5.70 Å². The molecule has 3 rings (SSSR count). The summed E-state index contributed by atoms with van der Waals surface area (Å²) in [6.07, 6.45) is 0. The third-order valence-corrected chi connectivity index (χ3v) is 4.74. The van der Waals surface area contributed by atoms with Crippen molar-refractivity contribution in [3.05, 3.63) is 107 Å². The van der Waals surface area contributed by atoms with Gasteiger partial charge in [-0.25, -0.2) is 0 Å². The number of Topliss-reactive ketones (excluding diaryl/α,β-unsaturated/α-hetero) is 1. The molecular weight excluding hydrogens is 342 g/mol. The van der Waals surface area contributed by atoms with Gasteiger partial charge in [-0.15, -0.1) is 0 Å². The van der Waals surface area contributed by atoms with Crippen molar-refractivity contribution in [1.82, 2.24) is 5.32 Å². The smallest absolute Gasteiger partial charge is 0.168 e. The zero-order valence-electron chi connectivity index (χ0n) is 16.8. The number of allylic oxidation sites excluding steroid dienone is 1. The zero-order valence-corrected chi connectivity index (χ0v) is 16.8. The lowest BCUT2D eigenvalue weighted by molar-refractivity contribution is -0.116. The van der Waals surface area contributed by atoms with Crippen LogP contribution in [0.3, 0.4) is 0 Å². The minimum atomic E-state index is -0.0887. The van der Waals surface area contributed by atoms with Gasteiger partial charge in [0.15, 0.2) is 5.78 Å². The van der Waals surface area contributed by atoms with Gasteiger partial charge in [-0.1, -0.05) is 104 Å². The van der Waals surface area contributed by atoms with Crippen molar-refractivity contribution in [2.45, 2.75) is 27.3 Å². The van der Waals surface area contributed by atoms with Gasteiger partial charge in [-0.3, -0.25) is 4.79 Å². The van der Waals surface area contributed by atoms with Crippen LogP contribution in [-0.2, 0) is 11.3 Å². The normalized spacial score (nSPS) is 11.9. The van der Waals surface area contributed by atoms with E-state index in [2.05, 4.69) is 48.6 Å². The minimum Gasteiger partial charge on any atom is -0.380 e. The number of hydrogen-bond acceptors (Lipinski definition) is 2. The molecule has 0 bridgehead atoms. The lowest BCUT2D eigenvalue weighted by Gasteiger charge is -2.19. The van der Waals surface area contributed by atoms with Crippen LogP contribution < -0.4 is 5.32 Å². The SMILES string of the molecule is Cc1ccc(/C(NCc2ccccc2)=C(\C(=O)C(C)C)c2ccccc2)cc1. The van der Waals surface area contributed by atoms with E-state index in [4.69, 9.17) is 0 Å². The Labute approximate surface area is 167 Å². The molecule has 0 aromatic heterocycles. The molecule has 3 aromatic carbocycles. The van der Waals surface area contributed by atoms with Gasteiger partial charge in [-0.2, -0.15) is 0 Å². The van der Waals surface area contributed by atoms with E-state index in [1.54, 1.807) is 0 Å². The van der Waals surface area contributed by atoms with Crippen molar-refractivity contribution in [2.24, 2.45) is 5.92 Å². The Kier molecular flexibility index (Phi) is 6.44. The maximum Gasteiger partial charge on any atom is 0.168 e. The highest BCUT2D eigenvalue weighted by Crippen LogP contribution is 2.28. The summed E-state index contributed by atoms with van der Waals surface area (Å²) >= 11 is 0. The maximum absolute atomic E-state index is 13.2. The lowest BCUT2D eigenvalue weighted by Crippen LogP contribution is -2.19.